The summed E-state index contributed by atoms with van der Waals surface area (Å²) in [6, 6.07) is 0. The largest absolute Gasteiger partial charge is 0.481 e. The Balaban J connectivity index is 0.00000162. The molecule has 2 saturated heterocycles. The highest BCUT2D eigenvalue weighted by molar-refractivity contribution is 5.85. The van der Waals surface area contributed by atoms with Crippen LogP contribution in [0, 0.1) is 17.3 Å². The summed E-state index contributed by atoms with van der Waals surface area (Å²) in [6.07, 6.45) is 1.80. The summed E-state index contributed by atoms with van der Waals surface area (Å²) in [5.41, 5.74) is -0.0288. The van der Waals surface area contributed by atoms with E-state index in [0.29, 0.717) is 12.5 Å². The molecule has 2 heterocycles. The topological polar surface area (TPSA) is 49.8 Å². The predicted octanol–water partition coefficient (Wildman–Crippen LogP) is 1.88. The Bertz CT molecular complexity index is 290. The zero-order valence-electron chi connectivity index (χ0n) is 11.2. The van der Waals surface area contributed by atoms with Gasteiger partial charge in [0.2, 0.25) is 0 Å². The number of likely N-dealkylation sites (tertiary alicyclic amines) is 1. The van der Waals surface area contributed by atoms with E-state index >= 15 is 0 Å². The van der Waals surface area contributed by atoms with Gasteiger partial charge >= 0.3 is 5.97 Å². The molecule has 0 amide bonds. The van der Waals surface area contributed by atoms with Gasteiger partial charge in [-0.2, -0.15) is 0 Å². The average molecular weight is 278 g/mol. The molecule has 2 fully saturated rings. The summed E-state index contributed by atoms with van der Waals surface area (Å²) in [6.45, 7) is 8.47. The molecule has 106 valence electrons. The minimum Gasteiger partial charge on any atom is -0.481 e. The van der Waals surface area contributed by atoms with Gasteiger partial charge in [-0.05, 0) is 18.8 Å². The van der Waals surface area contributed by atoms with Crippen molar-refractivity contribution in [1.82, 2.24) is 4.90 Å². The number of nitrogens with zero attached hydrogens (tertiary/aromatic N) is 1. The Morgan fingerprint density at radius 1 is 1.44 bits per heavy atom. The summed E-state index contributed by atoms with van der Waals surface area (Å²) in [5.74, 6) is -0.234. The molecule has 1 unspecified atom stereocenters. The molecule has 0 radical (unpaired) electrons. The van der Waals surface area contributed by atoms with E-state index in [9.17, 15) is 9.90 Å². The Hall–Kier alpha value is -0.320. The van der Waals surface area contributed by atoms with Crippen LogP contribution in [0.4, 0.5) is 0 Å². The highest BCUT2D eigenvalue weighted by Crippen LogP contribution is 2.44. The van der Waals surface area contributed by atoms with Gasteiger partial charge in [0.15, 0.2) is 0 Å². The van der Waals surface area contributed by atoms with Crippen LogP contribution in [0.15, 0.2) is 0 Å². The lowest BCUT2D eigenvalue weighted by molar-refractivity contribution is -0.146. The van der Waals surface area contributed by atoms with Gasteiger partial charge < -0.3 is 14.7 Å². The molecule has 5 heteroatoms. The number of halogens is 1. The molecule has 1 N–H and O–H groups in total. The number of rotatable bonds is 3. The standard InChI is InChI=1S/C13H23NO3.ClH/c1-10(2)7-14-8-11(12(15)16)13(9-14)3-5-17-6-4-13;/h10-11H,3-9H2,1-2H3,(H,15,16);1H. The van der Waals surface area contributed by atoms with Crippen LogP contribution in [-0.2, 0) is 9.53 Å². The molecular weight excluding hydrogens is 254 g/mol. The number of carboxylic acids is 1. The van der Waals surface area contributed by atoms with Crippen molar-refractivity contribution in [3.63, 3.8) is 0 Å². The molecule has 0 aromatic rings. The maximum absolute atomic E-state index is 11.4. The van der Waals surface area contributed by atoms with Gasteiger partial charge in [0.1, 0.15) is 0 Å². The van der Waals surface area contributed by atoms with Crippen molar-refractivity contribution >= 4 is 18.4 Å². The molecule has 0 aromatic heterocycles. The molecular formula is C13H24ClNO3. The summed E-state index contributed by atoms with van der Waals surface area (Å²) in [7, 11) is 0. The summed E-state index contributed by atoms with van der Waals surface area (Å²) >= 11 is 0. The Kier molecular flexibility index (Phi) is 5.44. The van der Waals surface area contributed by atoms with Gasteiger partial charge in [-0.3, -0.25) is 4.79 Å². The fraction of sp³-hybridized carbons (Fsp3) is 0.923. The molecule has 0 saturated carbocycles. The van der Waals surface area contributed by atoms with Crippen molar-refractivity contribution in [1.29, 1.82) is 0 Å². The van der Waals surface area contributed by atoms with E-state index in [1.165, 1.54) is 0 Å². The fourth-order valence-electron chi connectivity index (χ4n) is 3.35. The maximum Gasteiger partial charge on any atom is 0.308 e. The Morgan fingerprint density at radius 2 is 2.06 bits per heavy atom. The molecule has 0 aromatic carbocycles. The highest BCUT2D eigenvalue weighted by Gasteiger charge is 2.50. The first-order valence-electron chi connectivity index (χ1n) is 6.56. The van der Waals surface area contributed by atoms with Gasteiger partial charge in [0, 0.05) is 38.3 Å². The van der Waals surface area contributed by atoms with Crippen LogP contribution in [0.25, 0.3) is 0 Å². The van der Waals surface area contributed by atoms with Crippen molar-refractivity contribution in [2.75, 3.05) is 32.8 Å². The monoisotopic (exact) mass is 277 g/mol. The van der Waals surface area contributed by atoms with Crippen molar-refractivity contribution in [2.24, 2.45) is 17.3 Å². The third-order valence-electron chi connectivity index (χ3n) is 4.13. The minimum absolute atomic E-state index is 0. The lowest BCUT2D eigenvalue weighted by atomic mass is 9.72. The van der Waals surface area contributed by atoms with Crippen molar-refractivity contribution in [2.45, 2.75) is 26.7 Å². The summed E-state index contributed by atoms with van der Waals surface area (Å²) < 4.78 is 5.39. The van der Waals surface area contributed by atoms with E-state index in [4.69, 9.17) is 4.74 Å². The smallest absolute Gasteiger partial charge is 0.308 e. The zero-order chi connectivity index (χ0) is 12.5. The summed E-state index contributed by atoms with van der Waals surface area (Å²) in [4.78, 5) is 13.8. The maximum atomic E-state index is 11.4. The lowest BCUT2D eigenvalue weighted by Gasteiger charge is -2.36. The van der Waals surface area contributed by atoms with E-state index in [1.54, 1.807) is 0 Å². The molecule has 4 nitrogen and oxygen atoms in total. The first kappa shape index (κ1) is 15.7. The third-order valence-corrected chi connectivity index (χ3v) is 4.13. The van der Waals surface area contributed by atoms with E-state index < -0.39 is 5.97 Å². The number of hydrogen-bond donors (Lipinski definition) is 1. The highest BCUT2D eigenvalue weighted by atomic mass is 35.5. The van der Waals surface area contributed by atoms with Gasteiger partial charge in [-0.25, -0.2) is 0 Å². The molecule has 2 rings (SSSR count). The van der Waals surface area contributed by atoms with Crippen LogP contribution in [0.2, 0.25) is 0 Å². The Labute approximate surface area is 115 Å². The van der Waals surface area contributed by atoms with Crippen LogP contribution in [0.1, 0.15) is 26.7 Å². The quantitative estimate of drug-likeness (QED) is 0.856. The van der Waals surface area contributed by atoms with Gasteiger partial charge in [0.25, 0.3) is 0 Å². The molecule has 2 aliphatic heterocycles. The first-order valence-corrected chi connectivity index (χ1v) is 6.56. The average Bonchev–Trinajstić information content (AvgIpc) is 2.57. The number of hydrogen-bond acceptors (Lipinski definition) is 3. The number of aliphatic carboxylic acids is 1. The second-order valence-corrected chi connectivity index (χ2v) is 5.95. The van der Waals surface area contributed by atoms with Crippen LogP contribution in [0.3, 0.4) is 0 Å². The van der Waals surface area contributed by atoms with Gasteiger partial charge in [0.05, 0.1) is 5.92 Å². The fourth-order valence-corrected chi connectivity index (χ4v) is 3.35. The van der Waals surface area contributed by atoms with E-state index in [-0.39, 0.29) is 23.7 Å². The molecule has 2 aliphatic rings. The lowest BCUT2D eigenvalue weighted by Crippen LogP contribution is -2.40. The number of ether oxygens (including phenoxy) is 1. The minimum atomic E-state index is -0.627. The molecule has 1 spiro atoms. The van der Waals surface area contributed by atoms with E-state index in [1.807, 2.05) is 0 Å². The Morgan fingerprint density at radius 3 is 2.56 bits per heavy atom. The van der Waals surface area contributed by atoms with Crippen molar-refractivity contribution in [3.05, 3.63) is 0 Å². The second-order valence-electron chi connectivity index (χ2n) is 5.95. The van der Waals surface area contributed by atoms with E-state index in [0.717, 1.165) is 39.1 Å². The predicted molar refractivity (Wildman–Crippen MR) is 72.1 cm³/mol. The molecule has 0 aliphatic carbocycles. The second kappa shape index (κ2) is 6.22. The molecule has 0 bridgehead atoms. The number of carboxylic acid groups (broad SMARTS) is 1. The van der Waals surface area contributed by atoms with Crippen molar-refractivity contribution in [3.8, 4) is 0 Å². The first-order chi connectivity index (χ1) is 8.03. The van der Waals surface area contributed by atoms with Crippen LogP contribution < -0.4 is 0 Å². The van der Waals surface area contributed by atoms with Crippen LogP contribution >= 0.6 is 12.4 Å². The third kappa shape index (κ3) is 3.16. The van der Waals surface area contributed by atoms with Crippen LogP contribution in [-0.4, -0.2) is 48.8 Å². The van der Waals surface area contributed by atoms with Crippen LogP contribution in [0.5, 0.6) is 0 Å². The van der Waals surface area contributed by atoms with Gasteiger partial charge in [-0.15, -0.1) is 12.4 Å². The van der Waals surface area contributed by atoms with Crippen molar-refractivity contribution < 1.29 is 14.6 Å². The normalized spacial score (nSPS) is 27.4. The summed E-state index contributed by atoms with van der Waals surface area (Å²) in [5, 5.41) is 9.42. The molecule has 18 heavy (non-hydrogen) atoms. The number of carbonyl (C=O) groups is 1. The zero-order valence-corrected chi connectivity index (χ0v) is 12.0. The SMILES string of the molecule is CC(C)CN1CC(C(=O)O)C2(CCOCC2)C1.Cl. The molecule has 1 atom stereocenters. The van der Waals surface area contributed by atoms with E-state index in [2.05, 4.69) is 18.7 Å². The van der Waals surface area contributed by atoms with Gasteiger partial charge in [-0.1, -0.05) is 13.8 Å².